The molecule has 0 amide bonds. The molecule has 2 N–H and O–H groups in total. The van der Waals surface area contributed by atoms with E-state index < -0.39 is 0 Å². The Morgan fingerprint density at radius 1 is 1.62 bits per heavy atom. The summed E-state index contributed by atoms with van der Waals surface area (Å²) < 4.78 is 0. The van der Waals surface area contributed by atoms with Gasteiger partial charge in [-0.3, -0.25) is 5.10 Å². The fourth-order valence-electron chi connectivity index (χ4n) is 1.55. The molecule has 1 aromatic rings. The first-order valence-electron chi connectivity index (χ1n) is 5.09. The van der Waals surface area contributed by atoms with Crippen LogP contribution >= 0.6 is 0 Å². The van der Waals surface area contributed by atoms with Crippen LogP contribution in [0.4, 0.5) is 0 Å². The third-order valence-electron chi connectivity index (χ3n) is 2.52. The van der Waals surface area contributed by atoms with Crippen LogP contribution < -0.4 is 5.32 Å². The van der Waals surface area contributed by atoms with E-state index >= 15 is 0 Å². The van der Waals surface area contributed by atoms with Crippen molar-refractivity contribution in [2.75, 3.05) is 13.6 Å². The summed E-state index contributed by atoms with van der Waals surface area (Å²) >= 11 is 0. The molecular weight excluding hydrogens is 162 g/mol. The van der Waals surface area contributed by atoms with Crippen LogP contribution in [0.5, 0.6) is 0 Å². The van der Waals surface area contributed by atoms with E-state index in [0.717, 1.165) is 18.9 Å². The topological polar surface area (TPSA) is 40.7 Å². The highest BCUT2D eigenvalue weighted by Gasteiger charge is 2.25. The van der Waals surface area contributed by atoms with Crippen molar-refractivity contribution in [2.45, 2.75) is 31.6 Å². The van der Waals surface area contributed by atoms with Gasteiger partial charge in [0.15, 0.2) is 0 Å². The molecule has 13 heavy (non-hydrogen) atoms. The fourth-order valence-corrected chi connectivity index (χ4v) is 1.55. The van der Waals surface area contributed by atoms with Gasteiger partial charge in [0.05, 0.1) is 5.69 Å². The molecular formula is C10H17N3. The average molecular weight is 179 g/mol. The van der Waals surface area contributed by atoms with Crippen molar-refractivity contribution in [3.63, 3.8) is 0 Å². The van der Waals surface area contributed by atoms with E-state index in [1.54, 1.807) is 0 Å². The van der Waals surface area contributed by atoms with Crippen molar-refractivity contribution in [3.8, 4) is 0 Å². The number of hydrogen-bond donors (Lipinski definition) is 2. The van der Waals surface area contributed by atoms with Crippen LogP contribution in [0.1, 0.15) is 36.6 Å². The van der Waals surface area contributed by atoms with E-state index in [4.69, 9.17) is 0 Å². The molecule has 3 nitrogen and oxygen atoms in total. The molecule has 1 aliphatic rings. The quantitative estimate of drug-likeness (QED) is 0.671. The monoisotopic (exact) mass is 179 g/mol. The molecule has 0 aliphatic heterocycles. The Hall–Kier alpha value is -0.830. The molecule has 3 heteroatoms. The van der Waals surface area contributed by atoms with Crippen LogP contribution in [-0.2, 0) is 6.42 Å². The second kappa shape index (κ2) is 3.92. The van der Waals surface area contributed by atoms with Gasteiger partial charge in [0, 0.05) is 11.6 Å². The molecule has 2 rings (SSSR count). The summed E-state index contributed by atoms with van der Waals surface area (Å²) in [4.78, 5) is 0. The second-order valence-electron chi connectivity index (χ2n) is 3.80. The van der Waals surface area contributed by atoms with Gasteiger partial charge in [-0.25, -0.2) is 0 Å². The summed E-state index contributed by atoms with van der Waals surface area (Å²) in [6, 6.07) is 2.23. The van der Waals surface area contributed by atoms with Crippen molar-refractivity contribution in [1.29, 1.82) is 0 Å². The van der Waals surface area contributed by atoms with Crippen LogP contribution in [-0.4, -0.2) is 23.8 Å². The fraction of sp³-hybridized carbons (Fsp3) is 0.700. The zero-order valence-corrected chi connectivity index (χ0v) is 8.14. The predicted molar refractivity (Wildman–Crippen MR) is 52.8 cm³/mol. The molecule has 0 aromatic carbocycles. The van der Waals surface area contributed by atoms with E-state index in [2.05, 4.69) is 21.6 Å². The number of nitrogens with zero attached hydrogens (tertiary/aromatic N) is 1. The average Bonchev–Trinajstić information content (AvgIpc) is 2.88. The van der Waals surface area contributed by atoms with Crippen molar-refractivity contribution in [3.05, 3.63) is 17.5 Å². The first-order valence-corrected chi connectivity index (χ1v) is 5.09. The summed E-state index contributed by atoms with van der Waals surface area (Å²) in [6.07, 6.45) is 4.96. The minimum Gasteiger partial charge on any atom is -0.320 e. The minimum atomic E-state index is 0.773. The molecule has 1 heterocycles. The Morgan fingerprint density at radius 3 is 3.15 bits per heavy atom. The van der Waals surface area contributed by atoms with Gasteiger partial charge in [0.2, 0.25) is 0 Å². The lowest BCUT2D eigenvalue weighted by molar-refractivity contribution is 0.713. The number of hydrogen-bond acceptors (Lipinski definition) is 2. The normalized spacial score (nSPS) is 16.4. The minimum absolute atomic E-state index is 0.773. The van der Waals surface area contributed by atoms with Gasteiger partial charge in [-0.05, 0) is 45.3 Å². The Bertz CT molecular complexity index is 263. The molecule has 1 aromatic heterocycles. The number of aromatic nitrogens is 2. The maximum atomic E-state index is 4.31. The van der Waals surface area contributed by atoms with E-state index in [0.29, 0.717) is 0 Å². The van der Waals surface area contributed by atoms with Crippen molar-refractivity contribution in [2.24, 2.45) is 0 Å². The predicted octanol–water partition coefficient (Wildman–Crippen LogP) is 1.44. The summed E-state index contributed by atoms with van der Waals surface area (Å²) in [7, 11) is 1.99. The van der Waals surface area contributed by atoms with E-state index in [-0.39, 0.29) is 0 Å². The number of aryl methyl sites for hydroxylation is 1. The molecule has 1 aliphatic carbocycles. The van der Waals surface area contributed by atoms with Crippen LogP contribution in [0.15, 0.2) is 6.07 Å². The molecule has 1 fully saturated rings. The number of H-pyrrole nitrogens is 1. The molecule has 0 spiro atoms. The first kappa shape index (κ1) is 8.75. The summed E-state index contributed by atoms with van der Waals surface area (Å²) in [5, 5.41) is 10.6. The lowest BCUT2D eigenvalue weighted by atomic mass is 10.2. The molecule has 72 valence electrons. The molecule has 0 radical (unpaired) electrons. The third kappa shape index (κ3) is 2.31. The molecule has 0 unspecified atom stereocenters. The van der Waals surface area contributed by atoms with E-state index in [1.165, 1.54) is 30.7 Å². The van der Waals surface area contributed by atoms with Crippen molar-refractivity contribution >= 4 is 0 Å². The van der Waals surface area contributed by atoms with Gasteiger partial charge < -0.3 is 5.32 Å². The lowest BCUT2D eigenvalue weighted by Gasteiger charge is -1.95. The Kier molecular flexibility index (Phi) is 2.64. The maximum absolute atomic E-state index is 4.31. The zero-order valence-electron chi connectivity index (χ0n) is 8.14. The number of nitrogens with one attached hydrogen (secondary N) is 2. The van der Waals surface area contributed by atoms with Crippen LogP contribution in [0.25, 0.3) is 0 Å². The Labute approximate surface area is 78.9 Å². The lowest BCUT2D eigenvalue weighted by Crippen LogP contribution is -2.08. The van der Waals surface area contributed by atoms with Crippen LogP contribution in [0, 0.1) is 0 Å². The molecule has 0 saturated heterocycles. The van der Waals surface area contributed by atoms with Crippen molar-refractivity contribution < 1.29 is 0 Å². The Balaban J connectivity index is 1.82. The van der Waals surface area contributed by atoms with Gasteiger partial charge in [-0.15, -0.1) is 0 Å². The van der Waals surface area contributed by atoms with Crippen LogP contribution in [0.2, 0.25) is 0 Å². The van der Waals surface area contributed by atoms with Gasteiger partial charge >= 0.3 is 0 Å². The number of rotatable bonds is 5. The molecule has 0 bridgehead atoms. The van der Waals surface area contributed by atoms with Gasteiger partial charge in [-0.2, -0.15) is 5.10 Å². The summed E-state index contributed by atoms with van der Waals surface area (Å²) in [5.41, 5.74) is 2.57. The second-order valence-corrected chi connectivity index (χ2v) is 3.80. The highest BCUT2D eigenvalue weighted by Crippen LogP contribution is 2.38. The van der Waals surface area contributed by atoms with Crippen LogP contribution in [0.3, 0.4) is 0 Å². The van der Waals surface area contributed by atoms with E-state index in [1.807, 2.05) is 7.05 Å². The number of aromatic amines is 1. The molecule has 1 saturated carbocycles. The smallest absolute Gasteiger partial charge is 0.0655 e. The zero-order chi connectivity index (χ0) is 9.10. The van der Waals surface area contributed by atoms with Crippen molar-refractivity contribution in [1.82, 2.24) is 15.5 Å². The summed E-state index contributed by atoms with van der Waals surface area (Å²) in [6.45, 7) is 1.08. The summed E-state index contributed by atoms with van der Waals surface area (Å²) in [5.74, 6) is 0.773. The SMILES string of the molecule is CNCCCc1cc(C2CC2)n[nH]1. The standard InChI is InChI=1S/C10H17N3/c1-11-6-2-3-9-7-10(13-12-9)8-4-5-8/h7-8,11H,2-6H2,1H3,(H,12,13). The Morgan fingerprint density at radius 2 is 2.46 bits per heavy atom. The third-order valence-corrected chi connectivity index (χ3v) is 2.52. The highest BCUT2D eigenvalue weighted by atomic mass is 15.1. The van der Waals surface area contributed by atoms with Gasteiger partial charge in [0.25, 0.3) is 0 Å². The van der Waals surface area contributed by atoms with Gasteiger partial charge in [0.1, 0.15) is 0 Å². The maximum Gasteiger partial charge on any atom is 0.0655 e. The largest absolute Gasteiger partial charge is 0.320 e. The van der Waals surface area contributed by atoms with Gasteiger partial charge in [-0.1, -0.05) is 0 Å². The molecule has 0 atom stereocenters. The van der Waals surface area contributed by atoms with E-state index in [9.17, 15) is 0 Å². The highest BCUT2D eigenvalue weighted by molar-refractivity contribution is 5.17. The first-order chi connectivity index (χ1) is 6.40.